The van der Waals surface area contributed by atoms with Gasteiger partial charge in [0.25, 0.3) is 0 Å². The van der Waals surface area contributed by atoms with E-state index < -0.39 is 66.3 Å². The number of primary amides is 1. The summed E-state index contributed by atoms with van der Waals surface area (Å²) < 4.78 is 0. The minimum absolute atomic E-state index is 0.224. The Hall–Kier alpha value is -2.38. The van der Waals surface area contributed by atoms with Crippen molar-refractivity contribution in [2.45, 2.75) is 57.0 Å². The molecule has 166 valence electrons. The summed E-state index contributed by atoms with van der Waals surface area (Å²) in [6, 6.07) is -4.94. The Kier molecular flexibility index (Phi) is 11.9. The average Bonchev–Trinajstić information content (AvgIpc) is 2.61. The van der Waals surface area contributed by atoms with Gasteiger partial charge in [0.05, 0.1) is 18.6 Å². The lowest BCUT2D eigenvalue weighted by atomic mass is 10.1. The molecule has 13 heteroatoms. The van der Waals surface area contributed by atoms with E-state index in [9.17, 15) is 29.1 Å². The van der Waals surface area contributed by atoms with Crippen LogP contribution < -0.4 is 27.4 Å². The van der Waals surface area contributed by atoms with Gasteiger partial charge in [-0.15, -0.1) is 0 Å². The first kappa shape index (κ1) is 26.6. The molecule has 5 unspecified atom stereocenters. The van der Waals surface area contributed by atoms with Gasteiger partial charge in [0.1, 0.15) is 12.1 Å². The number of carboxylic acids is 1. The molecule has 0 bridgehead atoms. The van der Waals surface area contributed by atoms with E-state index in [1.807, 2.05) is 0 Å². The fraction of sp³-hybridized carbons (Fsp3) is 0.688. The number of amides is 4. The Morgan fingerprint density at radius 2 is 1.59 bits per heavy atom. The van der Waals surface area contributed by atoms with Crippen LogP contribution in [0.5, 0.6) is 0 Å². The van der Waals surface area contributed by atoms with Gasteiger partial charge < -0.3 is 37.6 Å². The molecule has 9 N–H and O–H groups in total. The molecular formula is C16H29N5O7S. The molecule has 0 aliphatic carbocycles. The molecule has 0 radical (unpaired) electrons. The van der Waals surface area contributed by atoms with Crippen LogP contribution in [0.25, 0.3) is 0 Å². The van der Waals surface area contributed by atoms with Crippen LogP contribution in [0, 0.1) is 0 Å². The Labute approximate surface area is 172 Å². The summed E-state index contributed by atoms with van der Waals surface area (Å²) in [6.45, 7) is 2.52. The standard InChI is InChI=1S/C16H29N5O7S/c1-7(13(24)21-12(8(2)22)16(27)28)19-15(26)10(4-5-29-3)20-14(25)9(17)6-11(18)23/h7-10,12,22H,4-6,17H2,1-3H3,(H2,18,23)(H,19,26)(H,20,25)(H,21,24)(H,27,28). The number of carbonyl (C=O) groups is 5. The molecule has 12 nitrogen and oxygen atoms in total. The summed E-state index contributed by atoms with van der Waals surface area (Å²) in [7, 11) is 0. The molecule has 0 aromatic rings. The van der Waals surface area contributed by atoms with Gasteiger partial charge in [0, 0.05) is 0 Å². The number of nitrogens with one attached hydrogen (secondary N) is 3. The second-order valence-electron chi connectivity index (χ2n) is 6.41. The Morgan fingerprint density at radius 3 is 2.03 bits per heavy atom. The third kappa shape index (κ3) is 10.1. The maximum absolute atomic E-state index is 12.5. The van der Waals surface area contributed by atoms with E-state index in [0.29, 0.717) is 5.75 Å². The van der Waals surface area contributed by atoms with Crippen LogP contribution in [0.3, 0.4) is 0 Å². The maximum atomic E-state index is 12.5. The first-order valence-electron chi connectivity index (χ1n) is 8.75. The van der Waals surface area contributed by atoms with E-state index >= 15 is 0 Å². The Balaban J connectivity index is 5.03. The van der Waals surface area contributed by atoms with Crippen LogP contribution in [-0.2, 0) is 24.0 Å². The van der Waals surface area contributed by atoms with Crippen molar-refractivity contribution in [3.63, 3.8) is 0 Å². The van der Waals surface area contributed by atoms with Crippen LogP contribution in [0.1, 0.15) is 26.7 Å². The summed E-state index contributed by atoms with van der Waals surface area (Å²) in [5.41, 5.74) is 10.6. The van der Waals surface area contributed by atoms with Gasteiger partial charge in [-0.2, -0.15) is 11.8 Å². The van der Waals surface area contributed by atoms with Crippen molar-refractivity contribution in [1.82, 2.24) is 16.0 Å². The monoisotopic (exact) mass is 435 g/mol. The Morgan fingerprint density at radius 1 is 1.00 bits per heavy atom. The van der Waals surface area contributed by atoms with Crippen molar-refractivity contribution < 1.29 is 34.2 Å². The number of carbonyl (C=O) groups excluding carboxylic acids is 4. The van der Waals surface area contributed by atoms with Gasteiger partial charge in [-0.1, -0.05) is 0 Å². The van der Waals surface area contributed by atoms with Gasteiger partial charge in [-0.25, -0.2) is 4.79 Å². The highest BCUT2D eigenvalue weighted by atomic mass is 32.2. The molecule has 0 fully saturated rings. The van der Waals surface area contributed by atoms with Gasteiger partial charge in [-0.05, 0) is 32.3 Å². The zero-order valence-corrected chi connectivity index (χ0v) is 17.3. The molecule has 0 aromatic carbocycles. The summed E-state index contributed by atoms with van der Waals surface area (Å²) >= 11 is 1.42. The average molecular weight is 436 g/mol. The predicted octanol–water partition coefficient (Wildman–Crippen LogP) is -3.12. The molecule has 0 saturated heterocycles. The first-order valence-corrected chi connectivity index (χ1v) is 10.1. The minimum atomic E-state index is -1.54. The van der Waals surface area contributed by atoms with Crippen molar-refractivity contribution in [2.75, 3.05) is 12.0 Å². The van der Waals surface area contributed by atoms with Crippen LogP contribution in [0.2, 0.25) is 0 Å². The number of thioether (sulfide) groups is 1. The molecule has 0 saturated carbocycles. The van der Waals surface area contributed by atoms with E-state index in [-0.39, 0.29) is 6.42 Å². The molecule has 4 amide bonds. The van der Waals surface area contributed by atoms with Gasteiger partial charge in [0.2, 0.25) is 23.6 Å². The van der Waals surface area contributed by atoms with Gasteiger partial charge in [0.15, 0.2) is 6.04 Å². The van der Waals surface area contributed by atoms with Crippen molar-refractivity contribution in [2.24, 2.45) is 11.5 Å². The molecular weight excluding hydrogens is 406 g/mol. The molecule has 0 aliphatic heterocycles. The molecule has 0 aliphatic rings. The largest absolute Gasteiger partial charge is 0.480 e. The van der Waals surface area contributed by atoms with Crippen LogP contribution >= 0.6 is 11.8 Å². The van der Waals surface area contributed by atoms with Crippen LogP contribution in [0.4, 0.5) is 0 Å². The number of aliphatic hydroxyl groups is 1. The molecule has 29 heavy (non-hydrogen) atoms. The van der Waals surface area contributed by atoms with Gasteiger partial charge >= 0.3 is 5.97 Å². The normalized spacial score (nSPS) is 15.9. The number of carboxylic acid groups (broad SMARTS) is 1. The highest BCUT2D eigenvalue weighted by Gasteiger charge is 2.30. The molecule has 0 aromatic heterocycles. The second kappa shape index (κ2) is 13.0. The van der Waals surface area contributed by atoms with E-state index in [0.717, 1.165) is 0 Å². The highest BCUT2D eigenvalue weighted by Crippen LogP contribution is 2.03. The smallest absolute Gasteiger partial charge is 0.328 e. The topological polar surface area (TPSA) is 214 Å². The SMILES string of the molecule is CSCCC(NC(=O)C(N)CC(N)=O)C(=O)NC(C)C(=O)NC(C(=O)O)C(C)O. The summed E-state index contributed by atoms with van der Waals surface area (Å²) in [5.74, 6) is -3.96. The lowest BCUT2D eigenvalue weighted by Crippen LogP contribution is -2.57. The van der Waals surface area contributed by atoms with E-state index in [2.05, 4.69) is 16.0 Å². The van der Waals surface area contributed by atoms with Crippen molar-refractivity contribution >= 4 is 41.4 Å². The third-order valence-corrected chi connectivity index (χ3v) is 4.44. The fourth-order valence-electron chi connectivity index (χ4n) is 2.14. The maximum Gasteiger partial charge on any atom is 0.328 e. The van der Waals surface area contributed by atoms with Crippen LogP contribution in [0.15, 0.2) is 0 Å². The highest BCUT2D eigenvalue weighted by molar-refractivity contribution is 7.98. The summed E-state index contributed by atoms with van der Waals surface area (Å²) in [5, 5.41) is 25.3. The quantitative estimate of drug-likeness (QED) is 0.155. The van der Waals surface area contributed by atoms with E-state index in [1.165, 1.54) is 25.6 Å². The number of rotatable bonds is 13. The lowest BCUT2D eigenvalue weighted by Gasteiger charge is -2.24. The fourth-order valence-corrected chi connectivity index (χ4v) is 2.61. The molecule has 0 heterocycles. The number of hydrogen-bond donors (Lipinski definition) is 7. The first-order chi connectivity index (χ1) is 13.4. The van der Waals surface area contributed by atoms with Crippen molar-refractivity contribution in [3.05, 3.63) is 0 Å². The van der Waals surface area contributed by atoms with E-state index in [1.54, 1.807) is 6.26 Å². The molecule has 5 atom stereocenters. The van der Waals surface area contributed by atoms with Gasteiger partial charge in [-0.3, -0.25) is 19.2 Å². The summed E-state index contributed by atoms with van der Waals surface area (Å²) in [4.78, 5) is 58.6. The Bertz CT molecular complexity index is 616. The van der Waals surface area contributed by atoms with Crippen molar-refractivity contribution in [1.29, 1.82) is 0 Å². The third-order valence-electron chi connectivity index (χ3n) is 3.80. The second-order valence-corrected chi connectivity index (χ2v) is 7.40. The number of hydrogen-bond acceptors (Lipinski definition) is 8. The minimum Gasteiger partial charge on any atom is -0.480 e. The number of aliphatic hydroxyl groups excluding tert-OH is 1. The number of aliphatic carboxylic acids is 1. The van der Waals surface area contributed by atoms with Crippen LogP contribution in [-0.4, -0.2) is 82.1 Å². The summed E-state index contributed by atoms with van der Waals surface area (Å²) in [6.07, 6.45) is 0.284. The predicted molar refractivity (Wildman–Crippen MR) is 106 cm³/mol. The number of nitrogens with two attached hydrogens (primary N) is 2. The molecule has 0 rings (SSSR count). The molecule has 0 spiro atoms. The lowest BCUT2D eigenvalue weighted by molar-refractivity contribution is -0.145. The van der Waals surface area contributed by atoms with E-state index in [4.69, 9.17) is 16.6 Å². The zero-order valence-electron chi connectivity index (χ0n) is 16.5. The zero-order chi connectivity index (χ0) is 22.7. The van der Waals surface area contributed by atoms with Crippen molar-refractivity contribution in [3.8, 4) is 0 Å².